The Bertz CT molecular complexity index is 927. The molecule has 4 rings (SSSR count). The van der Waals surface area contributed by atoms with Crippen molar-refractivity contribution >= 4 is 17.7 Å². The molecular weight excluding hydrogens is 400 g/mol. The largest absolute Gasteiger partial charge is 0.491 e. The van der Waals surface area contributed by atoms with Crippen LogP contribution in [0.5, 0.6) is 5.75 Å². The third-order valence-corrected chi connectivity index (χ3v) is 6.08. The highest BCUT2D eigenvalue weighted by Gasteiger charge is 2.19. The summed E-state index contributed by atoms with van der Waals surface area (Å²) in [6, 6.07) is 18.1. The summed E-state index contributed by atoms with van der Waals surface area (Å²) in [7, 11) is 1.95. The maximum atomic E-state index is 10.3. The van der Waals surface area contributed by atoms with E-state index in [1.165, 1.54) is 17.3 Å². The van der Waals surface area contributed by atoms with Gasteiger partial charge in [0.25, 0.3) is 0 Å². The zero-order chi connectivity index (χ0) is 20.8. The summed E-state index contributed by atoms with van der Waals surface area (Å²) in [5, 5.41) is 19.7. The molecule has 0 amide bonds. The number of hydrogen-bond donors (Lipinski definition) is 1. The van der Waals surface area contributed by atoms with Crippen molar-refractivity contribution in [1.29, 1.82) is 0 Å². The minimum atomic E-state index is -0.604. The molecule has 2 aromatic carbocycles. The zero-order valence-corrected chi connectivity index (χ0v) is 17.8. The zero-order valence-electron chi connectivity index (χ0n) is 17.0. The maximum Gasteiger partial charge on any atom is 0.227 e. The molecular formula is C22H26N4O3S. The lowest BCUT2D eigenvalue weighted by atomic mass is 10.1. The van der Waals surface area contributed by atoms with Crippen LogP contribution >= 0.6 is 11.8 Å². The van der Waals surface area contributed by atoms with Crippen molar-refractivity contribution in [3.05, 3.63) is 54.6 Å². The number of benzene rings is 2. The predicted octanol–water partition coefficient (Wildman–Crippen LogP) is 2.85. The number of anilines is 1. The van der Waals surface area contributed by atoms with E-state index in [2.05, 4.69) is 27.2 Å². The van der Waals surface area contributed by atoms with E-state index in [4.69, 9.17) is 9.47 Å². The number of morpholine rings is 1. The highest BCUT2D eigenvalue weighted by atomic mass is 32.2. The van der Waals surface area contributed by atoms with Gasteiger partial charge in [0.15, 0.2) is 5.16 Å². The normalized spacial score (nSPS) is 15.2. The highest BCUT2D eigenvalue weighted by molar-refractivity contribution is 7.99. The molecule has 1 aliphatic heterocycles. The SMILES string of the molecule is Cn1c(SCC(O)COc2ccc(-c3ccccc3)cc2)nnc1N1CCOCC1. The second-order valence-corrected chi connectivity index (χ2v) is 8.09. The minimum Gasteiger partial charge on any atom is -0.491 e. The first-order chi connectivity index (χ1) is 14.7. The smallest absolute Gasteiger partial charge is 0.227 e. The van der Waals surface area contributed by atoms with Crippen LogP contribution < -0.4 is 9.64 Å². The molecule has 1 aliphatic rings. The quantitative estimate of drug-likeness (QED) is 0.555. The minimum absolute atomic E-state index is 0.228. The molecule has 1 N–H and O–H groups in total. The Kier molecular flexibility index (Phi) is 6.88. The van der Waals surface area contributed by atoms with Gasteiger partial charge in [-0.1, -0.05) is 54.2 Å². The lowest BCUT2D eigenvalue weighted by Gasteiger charge is -2.27. The lowest BCUT2D eigenvalue weighted by Crippen LogP contribution is -2.37. The summed E-state index contributed by atoms with van der Waals surface area (Å²) < 4.78 is 13.1. The molecule has 1 atom stereocenters. The Morgan fingerprint density at radius 2 is 1.73 bits per heavy atom. The Balaban J connectivity index is 1.25. The van der Waals surface area contributed by atoms with Gasteiger partial charge in [0.1, 0.15) is 12.4 Å². The summed E-state index contributed by atoms with van der Waals surface area (Å²) in [5.74, 6) is 2.06. The van der Waals surface area contributed by atoms with E-state index in [1.54, 1.807) is 0 Å². The monoisotopic (exact) mass is 426 g/mol. The Morgan fingerprint density at radius 1 is 1.03 bits per heavy atom. The Labute approximate surface area is 180 Å². The van der Waals surface area contributed by atoms with E-state index in [1.807, 2.05) is 54.1 Å². The molecule has 0 radical (unpaired) electrons. The van der Waals surface area contributed by atoms with Gasteiger partial charge >= 0.3 is 0 Å². The van der Waals surface area contributed by atoms with Crippen molar-refractivity contribution in [2.45, 2.75) is 11.3 Å². The summed E-state index contributed by atoms with van der Waals surface area (Å²) in [6.45, 7) is 3.27. The van der Waals surface area contributed by atoms with E-state index >= 15 is 0 Å². The van der Waals surface area contributed by atoms with Crippen LogP contribution in [0.15, 0.2) is 59.8 Å². The van der Waals surface area contributed by atoms with Crippen LogP contribution in [-0.2, 0) is 11.8 Å². The van der Waals surface area contributed by atoms with E-state index in [-0.39, 0.29) is 6.61 Å². The lowest BCUT2D eigenvalue weighted by molar-refractivity contribution is 0.121. The van der Waals surface area contributed by atoms with Crippen LogP contribution in [0.3, 0.4) is 0 Å². The molecule has 0 bridgehead atoms. The topological polar surface area (TPSA) is 72.6 Å². The van der Waals surface area contributed by atoms with Crippen LogP contribution in [0.25, 0.3) is 11.1 Å². The highest BCUT2D eigenvalue weighted by Crippen LogP contribution is 2.24. The fraction of sp³-hybridized carbons (Fsp3) is 0.364. The van der Waals surface area contributed by atoms with E-state index < -0.39 is 6.10 Å². The predicted molar refractivity (Wildman–Crippen MR) is 118 cm³/mol. The van der Waals surface area contributed by atoms with Gasteiger partial charge in [-0.15, -0.1) is 10.2 Å². The maximum absolute atomic E-state index is 10.3. The average Bonchev–Trinajstić information content (AvgIpc) is 3.18. The number of rotatable bonds is 8. The Hall–Kier alpha value is -2.55. The van der Waals surface area contributed by atoms with E-state index in [9.17, 15) is 5.11 Å². The number of aliphatic hydroxyl groups excluding tert-OH is 1. The van der Waals surface area contributed by atoms with E-state index in [0.29, 0.717) is 19.0 Å². The molecule has 0 aliphatic carbocycles. The number of ether oxygens (including phenoxy) is 2. The number of aromatic nitrogens is 3. The summed E-state index contributed by atoms with van der Waals surface area (Å²) in [6.07, 6.45) is -0.604. The molecule has 0 spiro atoms. The summed E-state index contributed by atoms with van der Waals surface area (Å²) in [4.78, 5) is 2.17. The number of nitrogens with zero attached hydrogens (tertiary/aromatic N) is 4. The number of thioether (sulfide) groups is 1. The van der Waals surface area contributed by atoms with Gasteiger partial charge in [-0.2, -0.15) is 0 Å². The van der Waals surface area contributed by atoms with Crippen LogP contribution in [0.4, 0.5) is 5.95 Å². The fourth-order valence-electron chi connectivity index (χ4n) is 3.26. The van der Waals surface area contributed by atoms with Gasteiger partial charge in [0, 0.05) is 25.9 Å². The molecule has 1 fully saturated rings. The summed E-state index contributed by atoms with van der Waals surface area (Å²) >= 11 is 1.48. The molecule has 0 saturated carbocycles. The van der Waals surface area contributed by atoms with Gasteiger partial charge in [0.2, 0.25) is 5.95 Å². The standard InChI is InChI=1S/C22H26N4O3S/c1-25-21(26-11-13-28-14-12-26)23-24-22(25)30-16-19(27)15-29-20-9-7-18(8-10-20)17-5-3-2-4-6-17/h2-10,19,27H,11-16H2,1H3. The fourth-order valence-corrected chi connectivity index (χ4v) is 4.07. The molecule has 2 heterocycles. The molecule has 1 saturated heterocycles. The van der Waals surface area contributed by atoms with Gasteiger partial charge in [-0.05, 0) is 23.3 Å². The molecule has 8 heteroatoms. The van der Waals surface area contributed by atoms with Crippen molar-refractivity contribution in [2.24, 2.45) is 7.05 Å². The molecule has 1 aromatic heterocycles. The van der Waals surface area contributed by atoms with Crippen LogP contribution in [0.1, 0.15) is 0 Å². The first kappa shape index (κ1) is 20.7. The molecule has 30 heavy (non-hydrogen) atoms. The second-order valence-electron chi connectivity index (χ2n) is 7.11. The van der Waals surface area contributed by atoms with Gasteiger partial charge in [-0.3, -0.25) is 4.57 Å². The van der Waals surface area contributed by atoms with Crippen molar-refractivity contribution < 1.29 is 14.6 Å². The Morgan fingerprint density at radius 3 is 2.47 bits per heavy atom. The third-order valence-electron chi connectivity index (χ3n) is 4.91. The molecule has 1 unspecified atom stereocenters. The first-order valence-electron chi connectivity index (χ1n) is 10.0. The molecule has 3 aromatic rings. The van der Waals surface area contributed by atoms with Gasteiger partial charge in [-0.25, -0.2) is 0 Å². The van der Waals surface area contributed by atoms with Gasteiger partial charge < -0.3 is 19.5 Å². The van der Waals surface area contributed by atoms with Crippen molar-refractivity contribution in [2.75, 3.05) is 43.6 Å². The van der Waals surface area contributed by atoms with Crippen LogP contribution in [0.2, 0.25) is 0 Å². The number of hydrogen-bond acceptors (Lipinski definition) is 7. The first-order valence-corrected chi connectivity index (χ1v) is 11.0. The molecule has 7 nitrogen and oxygen atoms in total. The summed E-state index contributed by atoms with van der Waals surface area (Å²) in [5.41, 5.74) is 2.30. The number of aliphatic hydroxyl groups is 1. The van der Waals surface area contributed by atoms with Crippen molar-refractivity contribution in [1.82, 2.24) is 14.8 Å². The third kappa shape index (κ3) is 5.13. The van der Waals surface area contributed by atoms with E-state index in [0.717, 1.165) is 35.5 Å². The average molecular weight is 427 g/mol. The van der Waals surface area contributed by atoms with Crippen LogP contribution in [0, 0.1) is 0 Å². The van der Waals surface area contributed by atoms with Crippen LogP contribution in [-0.4, -0.2) is 64.6 Å². The van der Waals surface area contributed by atoms with Crippen molar-refractivity contribution in [3.8, 4) is 16.9 Å². The van der Waals surface area contributed by atoms with Gasteiger partial charge in [0.05, 0.1) is 19.3 Å². The van der Waals surface area contributed by atoms with Crippen molar-refractivity contribution in [3.63, 3.8) is 0 Å². The second kappa shape index (κ2) is 9.97. The molecule has 158 valence electrons.